The average molecular weight is 296 g/mol. The lowest BCUT2D eigenvalue weighted by molar-refractivity contribution is -0.117. The molecular formula is C12H10ClN3O2S. The van der Waals surface area contributed by atoms with E-state index in [9.17, 15) is 4.79 Å². The van der Waals surface area contributed by atoms with Crippen molar-refractivity contribution in [1.82, 2.24) is 10.2 Å². The van der Waals surface area contributed by atoms with Crippen molar-refractivity contribution in [2.45, 2.75) is 12.3 Å². The van der Waals surface area contributed by atoms with Gasteiger partial charge in [-0.25, -0.2) is 5.10 Å². The molecule has 0 spiro atoms. The van der Waals surface area contributed by atoms with Crippen LogP contribution in [0.2, 0.25) is 5.02 Å². The summed E-state index contributed by atoms with van der Waals surface area (Å²) in [6.07, 6.45) is 0.367. The van der Waals surface area contributed by atoms with Gasteiger partial charge in [-0.3, -0.25) is 4.79 Å². The SMILES string of the molecule is O=C1CC(c2n[nH]c(=S)o2)CN1c1ccc(Cl)cc1. The highest BCUT2D eigenvalue weighted by atomic mass is 35.5. The zero-order valence-corrected chi connectivity index (χ0v) is 11.4. The Labute approximate surface area is 119 Å². The van der Waals surface area contributed by atoms with Gasteiger partial charge < -0.3 is 9.32 Å². The molecule has 5 nitrogen and oxygen atoms in total. The predicted molar refractivity (Wildman–Crippen MR) is 72.9 cm³/mol. The second-order valence-corrected chi connectivity index (χ2v) is 5.14. The Hall–Kier alpha value is -1.66. The molecule has 1 saturated heterocycles. The zero-order valence-electron chi connectivity index (χ0n) is 9.80. The number of aromatic nitrogens is 2. The summed E-state index contributed by atoms with van der Waals surface area (Å²) < 4.78 is 5.27. The summed E-state index contributed by atoms with van der Waals surface area (Å²) in [7, 11) is 0. The number of H-pyrrole nitrogens is 1. The predicted octanol–water partition coefficient (Wildman–Crippen LogP) is 2.91. The number of carbonyl (C=O) groups excluding carboxylic acids is 1. The third-order valence-electron chi connectivity index (χ3n) is 3.07. The molecule has 1 aliphatic heterocycles. The molecule has 0 aliphatic carbocycles. The quantitative estimate of drug-likeness (QED) is 0.865. The average Bonchev–Trinajstić information content (AvgIpc) is 2.97. The first kappa shape index (κ1) is 12.4. The molecule has 2 heterocycles. The van der Waals surface area contributed by atoms with Crippen LogP contribution in [0.1, 0.15) is 18.2 Å². The summed E-state index contributed by atoms with van der Waals surface area (Å²) in [5.74, 6) is 0.447. The van der Waals surface area contributed by atoms with E-state index in [-0.39, 0.29) is 16.7 Å². The maximum atomic E-state index is 12.0. The van der Waals surface area contributed by atoms with E-state index in [1.54, 1.807) is 17.0 Å². The standard InChI is InChI=1S/C12H10ClN3O2S/c13-8-1-3-9(4-2-8)16-6-7(5-10(16)17)11-14-15-12(19)18-11/h1-4,7H,5-6H2,(H,15,19). The van der Waals surface area contributed by atoms with Crippen LogP contribution < -0.4 is 4.90 Å². The van der Waals surface area contributed by atoms with E-state index < -0.39 is 0 Å². The molecule has 3 rings (SSSR count). The number of nitrogens with zero attached hydrogens (tertiary/aromatic N) is 2. The molecule has 0 radical (unpaired) electrons. The summed E-state index contributed by atoms with van der Waals surface area (Å²) >= 11 is 10.7. The number of carbonyl (C=O) groups is 1. The van der Waals surface area contributed by atoms with Gasteiger partial charge in [0.1, 0.15) is 0 Å². The summed E-state index contributed by atoms with van der Waals surface area (Å²) in [6.45, 7) is 0.531. The topological polar surface area (TPSA) is 62.1 Å². The maximum absolute atomic E-state index is 12.0. The highest BCUT2D eigenvalue weighted by molar-refractivity contribution is 7.71. The van der Waals surface area contributed by atoms with Gasteiger partial charge in [-0.1, -0.05) is 11.6 Å². The Bertz CT molecular complexity index is 664. The molecule has 0 bridgehead atoms. The van der Waals surface area contributed by atoms with E-state index >= 15 is 0 Å². The van der Waals surface area contributed by atoms with Crippen molar-refractivity contribution in [3.8, 4) is 0 Å². The fourth-order valence-electron chi connectivity index (χ4n) is 2.16. The van der Waals surface area contributed by atoms with Crippen LogP contribution in [0.3, 0.4) is 0 Å². The minimum Gasteiger partial charge on any atom is -0.414 e. The van der Waals surface area contributed by atoms with Crippen LogP contribution in [0.4, 0.5) is 5.69 Å². The van der Waals surface area contributed by atoms with Crippen LogP contribution in [0.25, 0.3) is 0 Å². The molecular weight excluding hydrogens is 286 g/mol. The normalized spacial score (nSPS) is 19.1. The fraction of sp³-hybridized carbons (Fsp3) is 0.250. The van der Waals surface area contributed by atoms with Gasteiger partial charge in [0.25, 0.3) is 4.84 Å². The Morgan fingerprint density at radius 1 is 1.42 bits per heavy atom. The molecule has 1 amide bonds. The monoisotopic (exact) mass is 295 g/mol. The maximum Gasteiger partial charge on any atom is 0.284 e. The molecule has 1 N–H and O–H groups in total. The van der Waals surface area contributed by atoms with Gasteiger partial charge in [-0.05, 0) is 36.5 Å². The molecule has 1 atom stereocenters. The molecule has 0 saturated carbocycles. The van der Waals surface area contributed by atoms with Gasteiger partial charge in [0.15, 0.2) is 0 Å². The summed E-state index contributed by atoms with van der Waals surface area (Å²) in [5, 5.41) is 7.20. The summed E-state index contributed by atoms with van der Waals surface area (Å²) in [4.78, 5) is 14.0. The van der Waals surface area contributed by atoms with Crippen LogP contribution in [0.5, 0.6) is 0 Å². The van der Waals surface area contributed by atoms with Crippen LogP contribution in [-0.4, -0.2) is 22.6 Å². The van der Waals surface area contributed by atoms with E-state index in [4.69, 9.17) is 28.2 Å². The van der Waals surface area contributed by atoms with Crippen LogP contribution in [0, 0.1) is 4.84 Å². The van der Waals surface area contributed by atoms with Crippen molar-refractivity contribution in [3.63, 3.8) is 0 Å². The number of hydrogen-bond acceptors (Lipinski definition) is 4. The van der Waals surface area contributed by atoms with Gasteiger partial charge in [0, 0.05) is 23.7 Å². The second kappa shape index (κ2) is 4.79. The number of amides is 1. The number of hydrogen-bond donors (Lipinski definition) is 1. The zero-order chi connectivity index (χ0) is 13.4. The van der Waals surface area contributed by atoms with Gasteiger partial charge in [0.05, 0.1) is 5.92 Å². The van der Waals surface area contributed by atoms with Crippen LogP contribution in [0.15, 0.2) is 28.7 Å². The Morgan fingerprint density at radius 3 is 2.79 bits per heavy atom. The van der Waals surface area contributed by atoms with Crippen molar-refractivity contribution in [2.24, 2.45) is 0 Å². The van der Waals surface area contributed by atoms with Crippen LogP contribution in [-0.2, 0) is 4.79 Å². The van der Waals surface area contributed by atoms with Gasteiger partial charge >= 0.3 is 0 Å². The molecule has 1 aromatic carbocycles. The molecule has 1 aliphatic rings. The first-order valence-corrected chi connectivity index (χ1v) is 6.53. The van der Waals surface area contributed by atoms with Crippen molar-refractivity contribution < 1.29 is 9.21 Å². The van der Waals surface area contributed by atoms with E-state index in [0.717, 1.165) is 5.69 Å². The molecule has 1 unspecified atom stereocenters. The molecule has 2 aromatic rings. The van der Waals surface area contributed by atoms with E-state index in [0.29, 0.717) is 23.9 Å². The lowest BCUT2D eigenvalue weighted by Gasteiger charge is -2.15. The number of halogens is 1. The van der Waals surface area contributed by atoms with Crippen molar-refractivity contribution in [1.29, 1.82) is 0 Å². The number of rotatable bonds is 2. The largest absolute Gasteiger partial charge is 0.414 e. The van der Waals surface area contributed by atoms with Crippen molar-refractivity contribution in [3.05, 3.63) is 40.0 Å². The molecule has 19 heavy (non-hydrogen) atoms. The Balaban J connectivity index is 1.84. The molecule has 1 fully saturated rings. The lowest BCUT2D eigenvalue weighted by Crippen LogP contribution is -2.24. The summed E-state index contributed by atoms with van der Waals surface area (Å²) in [5.41, 5.74) is 0.825. The highest BCUT2D eigenvalue weighted by Gasteiger charge is 2.34. The number of anilines is 1. The Morgan fingerprint density at radius 2 is 2.16 bits per heavy atom. The first-order valence-electron chi connectivity index (χ1n) is 5.75. The van der Waals surface area contributed by atoms with Gasteiger partial charge in [-0.15, -0.1) is 5.10 Å². The first-order chi connectivity index (χ1) is 9.13. The van der Waals surface area contributed by atoms with Gasteiger partial charge in [0.2, 0.25) is 11.8 Å². The second-order valence-electron chi connectivity index (χ2n) is 4.33. The minimum absolute atomic E-state index is 0.0384. The van der Waals surface area contributed by atoms with E-state index in [1.807, 2.05) is 12.1 Å². The van der Waals surface area contributed by atoms with Crippen molar-refractivity contribution >= 4 is 35.4 Å². The molecule has 1 aromatic heterocycles. The third-order valence-corrected chi connectivity index (χ3v) is 3.49. The molecule has 7 heteroatoms. The van der Waals surface area contributed by atoms with Gasteiger partial charge in [-0.2, -0.15) is 0 Å². The minimum atomic E-state index is -0.0730. The lowest BCUT2D eigenvalue weighted by atomic mass is 10.1. The van der Waals surface area contributed by atoms with E-state index in [1.165, 1.54) is 0 Å². The molecule has 98 valence electrons. The third kappa shape index (κ3) is 2.41. The van der Waals surface area contributed by atoms with E-state index in [2.05, 4.69) is 10.2 Å². The number of benzene rings is 1. The van der Waals surface area contributed by atoms with Crippen LogP contribution >= 0.6 is 23.8 Å². The summed E-state index contributed by atoms with van der Waals surface area (Å²) in [6, 6.07) is 7.17. The number of nitrogens with one attached hydrogen (secondary N) is 1. The smallest absolute Gasteiger partial charge is 0.284 e. The van der Waals surface area contributed by atoms with Crippen molar-refractivity contribution in [2.75, 3.05) is 11.4 Å². The Kier molecular flexibility index (Phi) is 3.12. The fourth-order valence-corrected chi connectivity index (χ4v) is 2.42. The highest BCUT2D eigenvalue weighted by Crippen LogP contribution is 2.31. The number of aromatic amines is 1.